The van der Waals surface area contributed by atoms with E-state index in [0.717, 1.165) is 19.6 Å². The molecule has 0 radical (unpaired) electrons. The summed E-state index contributed by atoms with van der Waals surface area (Å²) in [6.07, 6.45) is 0. The molecule has 0 heterocycles. The molecule has 1 rings (SSSR count). The molecule has 100 valence electrons. The second-order valence-electron chi connectivity index (χ2n) is 4.34. The van der Waals surface area contributed by atoms with Crippen LogP contribution in [-0.2, 0) is 0 Å². The summed E-state index contributed by atoms with van der Waals surface area (Å²) in [6, 6.07) is 6.02. The van der Waals surface area contributed by atoms with Gasteiger partial charge >= 0.3 is 0 Å². The van der Waals surface area contributed by atoms with Crippen molar-refractivity contribution >= 4 is 5.91 Å². The number of halogens is 1. The Bertz CT molecular complexity index is 391. The van der Waals surface area contributed by atoms with E-state index in [1.807, 2.05) is 6.92 Å². The summed E-state index contributed by atoms with van der Waals surface area (Å²) in [7, 11) is 0. The molecule has 3 nitrogen and oxygen atoms in total. The Kier molecular flexibility index (Phi) is 5.78. The molecule has 0 aliphatic rings. The Morgan fingerprint density at radius 3 is 2.50 bits per heavy atom. The third-order valence-corrected chi connectivity index (χ3v) is 2.92. The molecule has 1 atom stereocenters. The number of nitrogens with one attached hydrogen (secondary N) is 1. The first-order valence-electron chi connectivity index (χ1n) is 6.36. The van der Waals surface area contributed by atoms with Crippen LogP contribution in [0.25, 0.3) is 0 Å². The van der Waals surface area contributed by atoms with E-state index >= 15 is 0 Å². The molecular weight excluding hydrogens is 231 g/mol. The summed E-state index contributed by atoms with van der Waals surface area (Å²) in [5, 5.41) is 2.82. The Morgan fingerprint density at radius 1 is 1.33 bits per heavy atom. The molecule has 1 aromatic carbocycles. The highest BCUT2D eigenvalue weighted by atomic mass is 19.1. The van der Waals surface area contributed by atoms with E-state index < -0.39 is 5.82 Å². The maximum atomic E-state index is 13.4. The van der Waals surface area contributed by atoms with Crippen molar-refractivity contribution in [3.63, 3.8) is 0 Å². The summed E-state index contributed by atoms with van der Waals surface area (Å²) in [4.78, 5) is 14.1. The zero-order valence-corrected chi connectivity index (χ0v) is 11.2. The molecule has 0 fully saturated rings. The van der Waals surface area contributed by atoms with Crippen molar-refractivity contribution in [3.8, 4) is 0 Å². The lowest BCUT2D eigenvalue weighted by Gasteiger charge is -2.23. The first kappa shape index (κ1) is 14.6. The van der Waals surface area contributed by atoms with Gasteiger partial charge in [-0.25, -0.2) is 4.39 Å². The fourth-order valence-electron chi connectivity index (χ4n) is 1.86. The van der Waals surface area contributed by atoms with Gasteiger partial charge in [0, 0.05) is 12.6 Å². The van der Waals surface area contributed by atoms with E-state index in [-0.39, 0.29) is 17.5 Å². The van der Waals surface area contributed by atoms with Crippen molar-refractivity contribution in [1.82, 2.24) is 10.2 Å². The molecule has 1 aromatic rings. The Hall–Kier alpha value is -1.42. The maximum Gasteiger partial charge on any atom is 0.254 e. The largest absolute Gasteiger partial charge is 0.348 e. The molecule has 1 N–H and O–H groups in total. The molecular formula is C14H21FN2O. The van der Waals surface area contributed by atoms with Gasteiger partial charge in [0.1, 0.15) is 5.82 Å². The summed E-state index contributed by atoms with van der Waals surface area (Å²) >= 11 is 0. The zero-order chi connectivity index (χ0) is 13.5. The number of carbonyl (C=O) groups is 1. The smallest absolute Gasteiger partial charge is 0.254 e. The lowest BCUT2D eigenvalue weighted by atomic mass is 10.2. The van der Waals surface area contributed by atoms with E-state index in [0.29, 0.717) is 0 Å². The van der Waals surface area contributed by atoms with E-state index in [1.54, 1.807) is 12.1 Å². The van der Waals surface area contributed by atoms with E-state index in [9.17, 15) is 9.18 Å². The van der Waals surface area contributed by atoms with Crippen molar-refractivity contribution in [2.24, 2.45) is 0 Å². The van der Waals surface area contributed by atoms with Crippen LogP contribution in [-0.4, -0.2) is 36.5 Å². The predicted molar refractivity (Wildman–Crippen MR) is 71.1 cm³/mol. The van der Waals surface area contributed by atoms with Crippen molar-refractivity contribution in [3.05, 3.63) is 35.6 Å². The predicted octanol–water partition coefficient (Wildman–Crippen LogP) is 2.29. The third kappa shape index (κ3) is 4.11. The zero-order valence-electron chi connectivity index (χ0n) is 11.2. The number of hydrogen-bond acceptors (Lipinski definition) is 2. The number of nitrogens with zero attached hydrogens (tertiary/aromatic N) is 1. The molecule has 18 heavy (non-hydrogen) atoms. The highest BCUT2D eigenvalue weighted by Crippen LogP contribution is 2.06. The van der Waals surface area contributed by atoms with E-state index in [4.69, 9.17) is 0 Å². The molecule has 0 spiro atoms. The van der Waals surface area contributed by atoms with Crippen LogP contribution in [0, 0.1) is 5.82 Å². The molecule has 1 unspecified atom stereocenters. The second kappa shape index (κ2) is 7.11. The van der Waals surface area contributed by atoms with Gasteiger partial charge in [0.15, 0.2) is 0 Å². The maximum absolute atomic E-state index is 13.4. The van der Waals surface area contributed by atoms with Crippen LogP contribution in [0.5, 0.6) is 0 Å². The summed E-state index contributed by atoms with van der Waals surface area (Å²) < 4.78 is 13.4. The van der Waals surface area contributed by atoms with Crippen LogP contribution in [0.2, 0.25) is 0 Å². The molecule has 1 amide bonds. The van der Waals surface area contributed by atoms with Crippen molar-refractivity contribution in [2.75, 3.05) is 19.6 Å². The van der Waals surface area contributed by atoms with Gasteiger partial charge in [-0.05, 0) is 32.1 Å². The Labute approximate surface area is 108 Å². The average Bonchev–Trinajstić information content (AvgIpc) is 2.36. The van der Waals surface area contributed by atoms with Crippen molar-refractivity contribution in [2.45, 2.75) is 26.8 Å². The topological polar surface area (TPSA) is 32.3 Å². The van der Waals surface area contributed by atoms with E-state index in [2.05, 4.69) is 24.1 Å². The summed E-state index contributed by atoms with van der Waals surface area (Å²) in [6.45, 7) is 8.74. The highest BCUT2D eigenvalue weighted by molar-refractivity contribution is 5.94. The van der Waals surface area contributed by atoms with Gasteiger partial charge in [0.2, 0.25) is 0 Å². The van der Waals surface area contributed by atoms with Gasteiger partial charge in [-0.15, -0.1) is 0 Å². The third-order valence-electron chi connectivity index (χ3n) is 2.92. The monoisotopic (exact) mass is 252 g/mol. The van der Waals surface area contributed by atoms with Crippen molar-refractivity contribution < 1.29 is 9.18 Å². The minimum Gasteiger partial charge on any atom is -0.348 e. The lowest BCUT2D eigenvalue weighted by molar-refractivity contribution is 0.0926. The summed E-state index contributed by atoms with van der Waals surface area (Å²) in [5.74, 6) is -0.835. The van der Waals surface area contributed by atoms with Crippen LogP contribution >= 0.6 is 0 Å². The number of amides is 1. The van der Waals surface area contributed by atoms with Gasteiger partial charge in [-0.2, -0.15) is 0 Å². The number of benzene rings is 1. The van der Waals surface area contributed by atoms with Gasteiger partial charge in [0.05, 0.1) is 5.56 Å². The molecule has 0 saturated heterocycles. The van der Waals surface area contributed by atoms with Gasteiger partial charge in [-0.3, -0.25) is 4.79 Å². The van der Waals surface area contributed by atoms with Gasteiger partial charge < -0.3 is 10.2 Å². The van der Waals surface area contributed by atoms with Crippen molar-refractivity contribution in [1.29, 1.82) is 0 Å². The van der Waals surface area contributed by atoms with Gasteiger partial charge in [-0.1, -0.05) is 26.0 Å². The fraction of sp³-hybridized carbons (Fsp3) is 0.500. The minimum absolute atomic E-state index is 0.00277. The quantitative estimate of drug-likeness (QED) is 0.842. The Morgan fingerprint density at radius 2 is 1.94 bits per heavy atom. The first-order valence-corrected chi connectivity index (χ1v) is 6.36. The van der Waals surface area contributed by atoms with Crippen LogP contribution in [0.15, 0.2) is 24.3 Å². The molecule has 4 heteroatoms. The fourth-order valence-corrected chi connectivity index (χ4v) is 1.86. The van der Waals surface area contributed by atoms with E-state index in [1.165, 1.54) is 12.1 Å². The first-order chi connectivity index (χ1) is 8.58. The minimum atomic E-state index is -0.481. The normalized spacial score (nSPS) is 12.5. The SMILES string of the molecule is CCN(CC)CC(C)NC(=O)c1ccccc1F. The number of likely N-dealkylation sites (N-methyl/N-ethyl adjacent to an activating group) is 1. The molecule has 0 aromatic heterocycles. The number of hydrogen-bond donors (Lipinski definition) is 1. The second-order valence-corrected chi connectivity index (χ2v) is 4.34. The molecule has 0 aliphatic heterocycles. The molecule has 0 aliphatic carbocycles. The van der Waals surface area contributed by atoms with Crippen LogP contribution in [0.1, 0.15) is 31.1 Å². The standard InChI is InChI=1S/C14H21FN2O/c1-4-17(5-2)10-11(3)16-14(18)12-8-6-7-9-13(12)15/h6-9,11H,4-5,10H2,1-3H3,(H,16,18). The Balaban J connectivity index is 2.57. The molecule has 0 saturated carbocycles. The van der Waals surface area contributed by atoms with Crippen LogP contribution < -0.4 is 5.32 Å². The average molecular weight is 252 g/mol. The lowest BCUT2D eigenvalue weighted by Crippen LogP contribution is -2.42. The van der Waals surface area contributed by atoms with Gasteiger partial charge in [0.25, 0.3) is 5.91 Å². The van der Waals surface area contributed by atoms with Crippen LogP contribution in [0.4, 0.5) is 4.39 Å². The number of carbonyl (C=O) groups excluding carboxylic acids is 1. The summed E-state index contributed by atoms with van der Waals surface area (Å²) in [5.41, 5.74) is 0.101. The highest BCUT2D eigenvalue weighted by Gasteiger charge is 2.14. The van der Waals surface area contributed by atoms with Crippen LogP contribution in [0.3, 0.4) is 0 Å². The number of rotatable bonds is 6. The molecule has 0 bridgehead atoms.